The number of aromatic nitrogens is 2. The fourth-order valence-electron chi connectivity index (χ4n) is 4.32. The van der Waals surface area contributed by atoms with E-state index in [-0.39, 0.29) is 23.8 Å². The molecule has 0 saturated carbocycles. The van der Waals surface area contributed by atoms with Crippen molar-refractivity contribution in [2.75, 3.05) is 0 Å². The highest BCUT2D eigenvalue weighted by Crippen LogP contribution is 2.31. The smallest absolute Gasteiger partial charge is 0.275 e. The first-order valence-electron chi connectivity index (χ1n) is 9.26. The number of fused-ring (bicyclic) bond motifs is 1. The summed E-state index contributed by atoms with van der Waals surface area (Å²) >= 11 is 0. The minimum Gasteiger partial charge on any atom is -0.332 e. The van der Waals surface area contributed by atoms with Gasteiger partial charge < -0.3 is 4.90 Å². The molecule has 0 unspecified atom stereocenters. The zero-order valence-electron chi connectivity index (χ0n) is 14.6. The molecule has 4 nitrogen and oxygen atoms in total. The minimum absolute atomic E-state index is 0.0773. The third-order valence-corrected chi connectivity index (χ3v) is 5.71. The molecule has 2 aliphatic rings. The van der Waals surface area contributed by atoms with Crippen molar-refractivity contribution >= 4 is 5.91 Å². The van der Waals surface area contributed by atoms with Gasteiger partial charge in [0.1, 0.15) is 5.82 Å². The molecule has 1 aliphatic heterocycles. The van der Waals surface area contributed by atoms with Crippen molar-refractivity contribution in [2.45, 2.75) is 64.0 Å². The van der Waals surface area contributed by atoms with E-state index in [1.165, 1.54) is 12.1 Å². The van der Waals surface area contributed by atoms with Crippen LogP contribution in [-0.4, -0.2) is 33.1 Å². The van der Waals surface area contributed by atoms with Crippen LogP contribution >= 0.6 is 0 Å². The normalized spacial score (nSPS) is 22.4. The van der Waals surface area contributed by atoms with Crippen LogP contribution in [0.1, 0.15) is 59.9 Å². The van der Waals surface area contributed by atoms with Crippen LogP contribution in [0.25, 0.3) is 0 Å². The maximum Gasteiger partial charge on any atom is 0.275 e. The van der Waals surface area contributed by atoms with E-state index in [4.69, 9.17) is 0 Å². The highest BCUT2D eigenvalue weighted by molar-refractivity contribution is 5.94. The number of carbonyl (C=O) groups is 1. The minimum atomic E-state index is -0.206. The van der Waals surface area contributed by atoms with E-state index >= 15 is 0 Å². The number of amides is 1. The second-order valence-corrected chi connectivity index (χ2v) is 7.34. The summed E-state index contributed by atoms with van der Waals surface area (Å²) < 4.78 is 13.1. The Hall–Kier alpha value is -2.17. The maximum absolute atomic E-state index is 13.1. The Labute approximate surface area is 147 Å². The van der Waals surface area contributed by atoms with Crippen molar-refractivity contribution in [3.8, 4) is 0 Å². The van der Waals surface area contributed by atoms with Crippen LogP contribution in [0.5, 0.6) is 0 Å². The Balaban J connectivity index is 1.48. The van der Waals surface area contributed by atoms with Crippen molar-refractivity contribution in [1.82, 2.24) is 15.1 Å². The summed E-state index contributed by atoms with van der Waals surface area (Å²) in [6.07, 6.45) is 6.89. The summed E-state index contributed by atoms with van der Waals surface area (Å²) in [6.45, 7) is 2.13. The fraction of sp³-hybridized carbons (Fsp3) is 0.500. The summed E-state index contributed by atoms with van der Waals surface area (Å²) in [5, 5.41) is 7.37. The predicted octanol–water partition coefficient (Wildman–Crippen LogP) is 3.66. The Morgan fingerprint density at radius 1 is 1.28 bits per heavy atom. The van der Waals surface area contributed by atoms with E-state index < -0.39 is 0 Å². The third-order valence-electron chi connectivity index (χ3n) is 5.71. The van der Waals surface area contributed by atoms with Crippen molar-refractivity contribution in [1.29, 1.82) is 0 Å². The number of rotatable bonds is 4. The SMILES string of the molecule is C[C@@H]1CC[C@H](CCc2ccc(F)cc2)N1C(=O)c1n[nH]c2c1CCC2. The monoisotopic (exact) mass is 341 g/mol. The van der Waals surface area contributed by atoms with Gasteiger partial charge in [-0.3, -0.25) is 9.89 Å². The molecule has 132 valence electrons. The molecule has 1 aromatic heterocycles. The number of aromatic amines is 1. The van der Waals surface area contributed by atoms with Gasteiger partial charge >= 0.3 is 0 Å². The Bertz CT molecular complexity index is 768. The second kappa shape index (κ2) is 6.62. The Morgan fingerprint density at radius 2 is 2.08 bits per heavy atom. The molecule has 1 N–H and O–H groups in total. The Kier molecular flexibility index (Phi) is 4.32. The lowest BCUT2D eigenvalue weighted by Crippen LogP contribution is -2.40. The first kappa shape index (κ1) is 16.3. The van der Waals surface area contributed by atoms with E-state index in [1.807, 2.05) is 17.0 Å². The van der Waals surface area contributed by atoms with Crippen molar-refractivity contribution in [3.05, 3.63) is 52.6 Å². The number of halogens is 1. The van der Waals surface area contributed by atoms with Gasteiger partial charge in [0, 0.05) is 23.3 Å². The van der Waals surface area contributed by atoms with Gasteiger partial charge in [-0.2, -0.15) is 5.10 Å². The summed E-state index contributed by atoms with van der Waals surface area (Å²) in [5.41, 5.74) is 4.02. The topological polar surface area (TPSA) is 49.0 Å². The number of likely N-dealkylation sites (tertiary alicyclic amines) is 1. The zero-order valence-corrected chi connectivity index (χ0v) is 14.6. The number of carbonyl (C=O) groups excluding carboxylic acids is 1. The number of H-pyrrole nitrogens is 1. The fourth-order valence-corrected chi connectivity index (χ4v) is 4.32. The summed E-state index contributed by atoms with van der Waals surface area (Å²) in [6, 6.07) is 7.16. The van der Waals surface area contributed by atoms with E-state index in [0.717, 1.165) is 61.8 Å². The molecule has 5 heteroatoms. The number of aryl methyl sites for hydroxylation is 2. The molecule has 2 heterocycles. The summed E-state index contributed by atoms with van der Waals surface area (Å²) in [7, 11) is 0. The average molecular weight is 341 g/mol. The lowest BCUT2D eigenvalue weighted by Gasteiger charge is -2.28. The summed E-state index contributed by atoms with van der Waals surface area (Å²) in [4.78, 5) is 15.2. The lowest BCUT2D eigenvalue weighted by atomic mass is 10.0. The molecule has 1 saturated heterocycles. The van der Waals surface area contributed by atoms with Crippen LogP contribution in [0.4, 0.5) is 4.39 Å². The molecule has 1 aromatic carbocycles. The van der Waals surface area contributed by atoms with Crippen LogP contribution in [0.3, 0.4) is 0 Å². The van der Waals surface area contributed by atoms with Gasteiger partial charge in [-0.05, 0) is 69.6 Å². The third kappa shape index (κ3) is 3.08. The molecule has 25 heavy (non-hydrogen) atoms. The molecular weight excluding hydrogens is 317 g/mol. The molecular formula is C20H24FN3O. The largest absolute Gasteiger partial charge is 0.332 e. The molecule has 1 aliphatic carbocycles. The molecule has 0 spiro atoms. The van der Waals surface area contributed by atoms with Gasteiger partial charge in [-0.25, -0.2) is 4.39 Å². The van der Waals surface area contributed by atoms with Gasteiger partial charge in [0.15, 0.2) is 5.69 Å². The Morgan fingerprint density at radius 3 is 2.88 bits per heavy atom. The maximum atomic E-state index is 13.1. The van der Waals surface area contributed by atoms with Crippen LogP contribution in [0.15, 0.2) is 24.3 Å². The van der Waals surface area contributed by atoms with Crippen molar-refractivity contribution in [2.24, 2.45) is 0 Å². The van der Waals surface area contributed by atoms with Gasteiger partial charge in [0.2, 0.25) is 0 Å². The van der Waals surface area contributed by atoms with Gasteiger partial charge in [-0.1, -0.05) is 12.1 Å². The first-order valence-corrected chi connectivity index (χ1v) is 9.26. The van der Waals surface area contributed by atoms with E-state index in [2.05, 4.69) is 17.1 Å². The van der Waals surface area contributed by atoms with Gasteiger partial charge in [0.25, 0.3) is 5.91 Å². The molecule has 2 atom stereocenters. The highest BCUT2D eigenvalue weighted by Gasteiger charge is 2.37. The van der Waals surface area contributed by atoms with Crippen molar-refractivity contribution in [3.63, 3.8) is 0 Å². The van der Waals surface area contributed by atoms with Gasteiger partial charge in [0.05, 0.1) is 0 Å². The van der Waals surface area contributed by atoms with Crippen LogP contribution < -0.4 is 0 Å². The molecule has 2 aromatic rings. The first-order chi connectivity index (χ1) is 12.1. The highest BCUT2D eigenvalue weighted by atomic mass is 19.1. The van der Waals surface area contributed by atoms with E-state index in [9.17, 15) is 9.18 Å². The quantitative estimate of drug-likeness (QED) is 0.922. The number of hydrogen-bond acceptors (Lipinski definition) is 2. The van der Waals surface area contributed by atoms with Gasteiger partial charge in [-0.15, -0.1) is 0 Å². The molecule has 0 radical (unpaired) electrons. The second-order valence-electron chi connectivity index (χ2n) is 7.34. The molecule has 1 fully saturated rings. The number of benzene rings is 1. The van der Waals surface area contributed by atoms with Crippen LogP contribution in [-0.2, 0) is 19.3 Å². The summed E-state index contributed by atoms with van der Waals surface area (Å²) in [5.74, 6) is -0.129. The number of nitrogens with zero attached hydrogens (tertiary/aromatic N) is 2. The number of hydrogen-bond donors (Lipinski definition) is 1. The number of nitrogens with one attached hydrogen (secondary N) is 1. The molecule has 0 bridgehead atoms. The standard InChI is InChI=1S/C20H24FN3O/c1-13-5-11-16(12-8-14-6-9-15(21)10-7-14)24(13)20(25)19-17-3-2-4-18(17)22-23-19/h6-7,9-10,13,16H,2-5,8,11-12H2,1H3,(H,22,23)/t13-,16-/m1/s1. The van der Waals surface area contributed by atoms with E-state index in [1.54, 1.807) is 0 Å². The van der Waals surface area contributed by atoms with Crippen LogP contribution in [0.2, 0.25) is 0 Å². The molecule has 1 amide bonds. The van der Waals surface area contributed by atoms with Crippen LogP contribution in [0, 0.1) is 5.82 Å². The van der Waals surface area contributed by atoms with E-state index in [0.29, 0.717) is 5.69 Å². The predicted molar refractivity (Wildman–Crippen MR) is 94.0 cm³/mol. The van der Waals surface area contributed by atoms with Crippen molar-refractivity contribution < 1.29 is 9.18 Å². The zero-order chi connectivity index (χ0) is 17.4. The average Bonchev–Trinajstić information content (AvgIpc) is 3.29. The lowest BCUT2D eigenvalue weighted by molar-refractivity contribution is 0.0665. The molecule has 4 rings (SSSR count).